The summed E-state index contributed by atoms with van der Waals surface area (Å²) in [4.78, 5) is 24.0. The van der Waals surface area contributed by atoms with E-state index in [4.69, 9.17) is 15.2 Å². The molecule has 0 radical (unpaired) electrons. The van der Waals surface area contributed by atoms with Gasteiger partial charge in [0.05, 0.1) is 43.7 Å². The second-order valence-electron chi connectivity index (χ2n) is 8.03. The number of morpholine rings is 1. The molecule has 1 fully saturated rings. The van der Waals surface area contributed by atoms with Crippen molar-refractivity contribution in [2.45, 2.75) is 32.6 Å². The Balaban J connectivity index is 1.53. The van der Waals surface area contributed by atoms with Crippen molar-refractivity contribution >= 4 is 22.6 Å². The summed E-state index contributed by atoms with van der Waals surface area (Å²) in [6.07, 6.45) is 1.45. The molecule has 2 atom stereocenters. The normalized spacial score (nSPS) is 20.8. The van der Waals surface area contributed by atoms with Gasteiger partial charge in [-0.25, -0.2) is 14.4 Å². The summed E-state index contributed by atoms with van der Waals surface area (Å²) >= 11 is 0. The average Bonchev–Trinajstić information content (AvgIpc) is 3.17. The van der Waals surface area contributed by atoms with E-state index in [-0.39, 0.29) is 23.9 Å². The summed E-state index contributed by atoms with van der Waals surface area (Å²) in [6.45, 7) is 5.29. The molecule has 5 rings (SSSR count). The van der Waals surface area contributed by atoms with Crippen molar-refractivity contribution < 1.29 is 18.7 Å². The third-order valence-corrected chi connectivity index (χ3v) is 6.11. The Bertz CT molecular complexity index is 1200. The van der Waals surface area contributed by atoms with Crippen LogP contribution in [-0.2, 0) is 16.1 Å². The van der Waals surface area contributed by atoms with Gasteiger partial charge >= 0.3 is 0 Å². The lowest BCUT2D eigenvalue weighted by atomic mass is 10.0. The summed E-state index contributed by atoms with van der Waals surface area (Å²) in [5, 5.41) is 0.828. The van der Waals surface area contributed by atoms with Crippen molar-refractivity contribution in [3.05, 3.63) is 64.2 Å². The predicted molar refractivity (Wildman–Crippen MR) is 113 cm³/mol. The highest BCUT2D eigenvalue weighted by Gasteiger charge is 2.31. The minimum absolute atomic E-state index is 0.135. The molecule has 7 nitrogen and oxygen atoms in total. The summed E-state index contributed by atoms with van der Waals surface area (Å²) in [6, 6.07) is 6.36. The summed E-state index contributed by atoms with van der Waals surface area (Å²) in [5.41, 5.74) is 10.3. The smallest absolute Gasteiger partial charge is 0.273 e. The Morgan fingerprint density at radius 2 is 2.16 bits per heavy atom. The molecule has 0 aliphatic carbocycles. The number of aryl methyl sites for hydroxylation is 1. The predicted octanol–water partition coefficient (Wildman–Crippen LogP) is 3.46. The molecule has 3 aromatic rings. The van der Waals surface area contributed by atoms with Crippen LogP contribution < -0.4 is 5.73 Å². The zero-order chi connectivity index (χ0) is 21.7. The van der Waals surface area contributed by atoms with Gasteiger partial charge in [-0.05, 0) is 42.7 Å². The van der Waals surface area contributed by atoms with Crippen LogP contribution >= 0.6 is 0 Å². The number of hydrogen-bond acceptors (Lipinski definition) is 6. The Morgan fingerprint density at radius 1 is 1.32 bits per heavy atom. The second kappa shape index (κ2) is 7.55. The van der Waals surface area contributed by atoms with Crippen LogP contribution in [0.15, 0.2) is 30.5 Å². The Hall–Kier alpha value is -3.10. The van der Waals surface area contributed by atoms with Gasteiger partial charge < -0.3 is 20.1 Å². The first-order valence-electron chi connectivity index (χ1n) is 10.3. The molecule has 160 valence electrons. The number of ether oxygens (including phenoxy) is 2. The lowest BCUT2D eigenvalue weighted by Crippen LogP contribution is -2.43. The first-order valence-corrected chi connectivity index (χ1v) is 10.3. The fourth-order valence-electron chi connectivity index (χ4n) is 4.43. The number of pyridine rings is 2. The Morgan fingerprint density at radius 3 is 2.97 bits per heavy atom. The molecule has 2 aliphatic heterocycles. The molecule has 2 N–H and O–H groups in total. The van der Waals surface area contributed by atoms with Gasteiger partial charge in [0.2, 0.25) is 0 Å². The van der Waals surface area contributed by atoms with Gasteiger partial charge in [0.1, 0.15) is 17.3 Å². The minimum atomic E-state index is -0.309. The van der Waals surface area contributed by atoms with Gasteiger partial charge in [0, 0.05) is 17.5 Å². The number of nitrogens with zero attached hydrogens (tertiary/aromatic N) is 3. The average molecular weight is 422 g/mol. The highest BCUT2D eigenvalue weighted by molar-refractivity contribution is 5.97. The van der Waals surface area contributed by atoms with E-state index < -0.39 is 0 Å². The molecule has 0 spiro atoms. The van der Waals surface area contributed by atoms with E-state index in [1.807, 2.05) is 6.92 Å². The van der Waals surface area contributed by atoms with Gasteiger partial charge in [-0.15, -0.1) is 0 Å². The number of fused-ring (bicyclic) bond motifs is 3. The van der Waals surface area contributed by atoms with E-state index in [0.717, 1.165) is 22.1 Å². The van der Waals surface area contributed by atoms with Crippen molar-refractivity contribution in [2.24, 2.45) is 0 Å². The monoisotopic (exact) mass is 422 g/mol. The summed E-state index contributed by atoms with van der Waals surface area (Å²) in [5.74, 6) is -0.0327. The SMILES string of the molecule is Cc1cc([C@@H]2COCCN2C(=O)c2cc3c4c(c(N)nc3cn2)[C@H](C)OC4)ccc1F. The fraction of sp³-hybridized carbons (Fsp3) is 0.348. The van der Waals surface area contributed by atoms with Gasteiger partial charge in [-0.3, -0.25) is 4.79 Å². The van der Waals surface area contributed by atoms with E-state index in [2.05, 4.69) is 9.97 Å². The van der Waals surface area contributed by atoms with Crippen molar-refractivity contribution in [3.8, 4) is 0 Å². The third kappa shape index (κ3) is 3.32. The molecule has 0 unspecified atom stereocenters. The molecule has 8 heteroatoms. The topological polar surface area (TPSA) is 90.6 Å². The molecule has 31 heavy (non-hydrogen) atoms. The van der Waals surface area contributed by atoms with Crippen LogP contribution in [0.5, 0.6) is 0 Å². The van der Waals surface area contributed by atoms with Crippen LogP contribution in [0.1, 0.15) is 51.8 Å². The highest BCUT2D eigenvalue weighted by Crippen LogP contribution is 2.38. The maximum atomic E-state index is 13.8. The molecule has 1 amide bonds. The number of anilines is 1. The number of nitrogens with two attached hydrogens (primary N) is 1. The molecule has 0 saturated carbocycles. The molecule has 2 aromatic heterocycles. The number of aromatic nitrogens is 2. The van der Waals surface area contributed by atoms with Crippen LogP contribution in [0.25, 0.3) is 10.9 Å². The first kappa shape index (κ1) is 19.8. The van der Waals surface area contributed by atoms with E-state index >= 15 is 0 Å². The van der Waals surface area contributed by atoms with Gasteiger partial charge in [-0.2, -0.15) is 0 Å². The van der Waals surface area contributed by atoms with Crippen molar-refractivity contribution in [3.63, 3.8) is 0 Å². The van der Waals surface area contributed by atoms with Gasteiger partial charge in [0.15, 0.2) is 0 Å². The standard InChI is InChI=1S/C23H23FN4O3/c1-12-7-14(3-4-17(12)24)20-11-30-6-5-28(20)23(29)18-8-15-16-10-31-13(2)21(16)22(25)27-19(15)9-26-18/h3-4,7-9,13,20H,5-6,10-11H2,1-2H3,(H2,25,27)/t13-,20-/m0/s1. The minimum Gasteiger partial charge on any atom is -0.383 e. The number of benzene rings is 1. The van der Waals surface area contributed by atoms with Crippen molar-refractivity contribution in [2.75, 3.05) is 25.5 Å². The lowest BCUT2D eigenvalue weighted by molar-refractivity contribution is -0.00302. The number of hydrogen-bond donors (Lipinski definition) is 1. The van der Waals surface area contributed by atoms with Crippen LogP contribution in [0.2, 0.25) is 0 Å². The summed E-state index contributed by atoms with van der Waals surface area (Å²) < 4.78 is 25.1. The van der Waals surface area contributed by atoms with Gasteiger partial charge in [0.25, 0.3) is 5.91 Å². The lowest BCUT2D eigenvalue weighted by Gasteiger charge is -2.36. The first-order chi connectivity index (χ1) is 14.9. The van der Waals surface area contributed by atoms with E-state index in [9.17, 15) is 9.18 Å². The molecule has 4 heterocycles. The van der Waals surface area contributed by atoms with E-state index in [1.165, 1.54) is 6.07 Å². The van der Waals surface area contributed by atoms with Crippen LogP contribution in [-0.4, -0.2) is 40.5 Å². The Labute approximate surface area is 179 Å². The number of carbonyl (C=O) groups excluding carboxylic acids is 1. The fourth-order valence-corrected chi connectivity index (χ4v) is 4.43. The summed E-state index contributed by atoms with van der Waals surface area (Å²) in [7, 11) is 0. The molecule has 1 saturated heterocycles. The van der Waals surface area contributed by atoms with Crippen LogP contribution in [0, 0.1) is 12.7 Å². The third-order valence-electron chi connectivity index (χ3n) is 6.11. The molecular formula is C23H23FN4O3. The molecule has 1 aromatic carbocycles. The zero-order valence-electron chi connectivity index (χ0n) is 17.4. The van der Waals surface area contributed by atoms with Crippen LogP contribution in [0.4, 0.5) is 10.2 Å². The number of rotatable bonds is 2. The van der Waals surface area contributed by atoms with Crippen LogP contribution in [0.3, 0.4) is 0 Å². The molecule has 0 bridgehead atoms. The number of amides is 1. The van der Waals surface area contributed by atoms with E-state index in [0.29, 0.717) is 49.0 Å². The van der Waals surface area contributed by atoms with Crippen molar-refractivity contribution in [1.82, 2.24) is 14.9 Å². The largest absolute Gasteiger partial charge is 0.383 e. The highest BCUT2D eigenvalue weighted by atomic mass is 19.1. The zero-order valence-corrected chi connectivity index (χ0v) is 17.4. The Kier molecular flexibility index (Phi) is 4.83. The number of nitrogen functional groups attached to an aromatic ring is 1. The quantitative estimate of drug-likeness (QED) is 0.680. The van der Waals surface area contributed by atoms with Gasteiger partial charge in [-0.1, -0.05) is 12.1 Å². The maximum Gasteiger partial charge on any atom is 0.273 e. The second-order valence-corrected chi connectivity index (χ2v) is 8.03. The maximum absolute atomic E-state index is 13.8. The molecule has 2 aliphatic rings. The van der Waals surface area contributed by atoms with E-state index in [1.54, 1.807) is 36.2 Å². The number of halogens is 1. The number of carbonyl (C=O) groups is 1. The molecular weight excluding hydrogens is 399 g/mol. The van der Waals surface area contributed by atoms with Crippen molar-refractivity contribution in [1.29, 1.82) is 0 Å².